The molecule has 0 aliphatic heterocycles. The quantitative estimate of drug-likeness (QED) is 0.761. The summed E-state index contributed by atoms with van der Waals surface area (Å²) in [7, 11) is 0. The van der Waals surface area contributed by atoms with Crippen LogP contribution < -0.4 is 0 Å². The van der Waals surface area contributed by atoms with Crippen molar-refractivity contribution in [2.24, 2.45) is 0 Å². The highest BCUT2D eigenvalue weighted by Gasteiger charge is 2.25. The van der Waals surface area contributed by atoms with Gasteiger partial charge in [-0.05, 0) is 43.4 Å². The van der Waals surface area contributed by atoms with Gasteiger partial charge in [-0.3, -0.25) is 9.78 Å². The minimum absolute atomic E-state index is 0.138. The first-order chi connectivity index (χ1) is 9.27. The Kier molecular flexibility index (Phi) is 3.16. The molecule has 0 saturated carbocycles. The zero-order valence-electron chi connectivity index (χ0n) is 11.1. The van der Waals surface area contributed by atoms with Crippen molar-refractivity contribution in [1.29, 1.82) is 0 Å². The maximum absolute atomic E-state index is 11.8. The molecule has 2 nitrogen and oxygen atoms in total. The van der Waals surface area contributed by atoms with Crippen molar-refractivity contribution in [1.82, 2.24) is 4.98 Å². The number of carbonyl (C=O) groups is 1. The number of rotatable bonds is 2. The Morgan fingerprint density at radius 2 is 2.05 bits per heavy atom. The van der Waals surface area contributed by atoms with E-state index in [9.17, 15) is 4.79 Å². The van der Waals surface area contributed by atoms with Crippen molar-refractivity contribution in [3.05, 3.63) is 65.0 Å². The van der Waals surface area contributed by atoms with Crippen molar-refractivity contribution in [2.75, 3.05) is 0 Å². The van der Waals surface area contributed by atoms with Gasteiger partial charge in [-0.2, -0.15) is 0 Å². The number of Topliss-reactive ketones (excluding diaryl/α,β-unsaturated/α-hetero) is 1. The van der Waals surface area contributed by atoms with Crippen LogP contribution in [-0.2, 0) is 6.42 Å². The molecule has 2 aromatic rings. The third kappa shape index (κ3) is 2.19. The molecule has 1 heterocycles. The van der Waals surface area contributed by atoms with Gasteiger partial charge in [0.15, 0.2) is 5.78 Å². The van der Waals surface area contributed by atoms with Crippen molar-refractivity contribution in [3.8, 4) is 0 Å². The summed E-state index contributed by atoms with van der Waals surface area (Å²) < 4.78 is 0. The van der Waals surface area contributed by atoms with Crippen LogP contribution in [0.15, 0.2) is 42.6 Å². The summed E-state index contributed by atoms with van der Waals surface area (Å²) in [5.41, 5.74) is 4.46. The van der Waals surface area contributed by atoms with Gasteiger partial charge in [-0.1, -0.05) is 30.3 Å². The third-order valence-electron chi connectivity index (χ3n) is 3.91. The van der Waals surface area contributed by atoms with E-state index in [1.54, 1.807) is 6.92 Å². The summed E-state index contributed by atoms with van der Waals surface area (Å²) in [6.45, 7) is 1.64. The van der Waals surface area contributed by atoms with E-state index in [0.29, 0.717) is 0 Å². The normalized spacial score (nSPS) is 17.8. The van der Waals surface area contributed by atoms with Crippen LogP contribution in [0.1, 0.15) is 52.9 Å². The highest BCUT2D eigenvalue weighted by molar-refractivity contribution is 5.95. The molecule has 0 bridgehead atoms. The lowest BCUT2D eigenvalue weighted by Crippen LogP contribution is -2.15. The van der Waals surface area contributed by atoms with Crippen molar-refractivity contribution >= 4 is 5.78 Å². The van der Waals surface area contributed by atoms with Crippen LogP contribution in [0.25, 0.3) is 0 Å². The lowest BCUT2D eigenvalue weighted by atomic mass is 9.80. The predicted octanol–water partition coefficient (Wildman–Crippen LogP) is 3.75. The first-order valence-electron chi connectivity index (χ1n) is 6.81. The van der Waals surface area contributed by atoms with Gasteiger partial charge in [0.05, 0.1) is 5.69 Å². The molecule has 0 N–H and O–H groups in total. The molecular weight excluding hydrogens is 234 g/mol. The lowest BCUT2D eigenvalue weighted by Gasteiger charge is -2.25. The minimum Gasteiger partial charge on any atom is -0.295 e. The number of nitrogens with zero attached hydrogens (tertiary/aromatic N) is 1. The Hall–Kier alpha value is -1.96. The Balaban J connectivity index is 2.12. The second kappa shape index (κ2) is 4.96. The SMILES string of the molecule is CC(=O)c1ccccc1C1CCCc2cccnc21. The van der Waals surface area contributed by atoms with Gasteiger partial charge in [0.25, 0.3) is 0 Å². The first-order valence-corrected chi connectivity index (χ1v) is 6.81. The number of fused-ring (bicyclic) bond motifs is 1. The fourth-order valence-corrected chi connectivity index (χ4v) is 3.03. The monoisotopic (exact) mass is 251 g/mol. The van der Waals surface area contributed by atoms with Crippen LogP contribution in [0, 0.1) is 0 Å². The fourth-order valence-electron chi connectivity index (χ4n) is 3.03. The number of pyridine rings is 1. The van der Waals surface area contributed by atoms with Crippen LogP contribution in [0.5, 0.6) is 0 Å². The van der Waals surface area contributed by atoms with E-state index in [4.69, 9.17) is 0 Å². The zero-order chi connectivity index (χ0) is 13.2. The highest BCUT2D eigenvalue weighted by Crippen LogP contribution is 2.36. The summed E-state index contributed by atoms with van der Waals surface area (Å²) in [6, 6.07) is 12.1. The van der Waals surface area contributed by atoms with E-state index in [1.165, 1.54) is 5.56 Å². The molecule has 1 aromatic heterocycles. The molecule has 1 unspecified atom stereocenters. The number of aryl methyl sites for hydroxylation is 1. The highest BCUT2D eigenvalue weighted by atomic mass is 16.1. The van der Waals surface area contributed by atoms with E-state index in [-0.39, 0.29) is 11.7 Å². The number of benzene rings is 1. The number of ketones is 1. The van der Waals surface area contributed by atoms with Crippen molar-refractivity contribution in [3.63, 3.8) is 0 Å². The van der Waals surface area contributed by atoms with Crippen LogP contribution in [0.4, 0.5) is 0 Å². The summed E-state index contributed by atoms with van der Waals surface area (Å²) in [6.07, 6.45) is 5.19. The average molecular weight is 251 g/mol. The molecule has 1 aliphatic rings. The number of carbonyl (C=O) groups excluding carboxylic acids is 1. The molecule has 1 aliphatic carbocycles. The summed E-state index contributed by atoms with van der Waals surface area (Å²) in [5.74, 6) is 0.406. The van der Waals surface area contributed by atoms with Gasteiger partial charge < -0.3 is 0 Å². The van der Waals surface area contributed by atoms with Crippen LogP contribution in [-0.4, -0.2) is 10.8 Å². The van der Waals surface area contributed by atoms with E-state index < -0.39 is 0 Å². The van der Waals surface area contributed by atoms with E-state index >= 15 is 0 Å². The molecule has 0 fully saturated rings. The summed E-state index contributed by atoms with van der Waals surface area (Å²) >= 11 is 0. The van der Waals surface area contributed by atoms with E-state index in [0.717, 1.165) is 36.1 Å². The van der Waals surface area contributed by atoms with Crippen molar-refractivity contribution < 1.29 is 4.79 Å². The molecule has 0 amide bonds. The second-order valence-corrected chi connectivity index (χ2v) is 5.14. The Bertz CT molecular complexity index is 618. The lowest BCUT2D eigenvalue weighted by molar-refractivity contribution is 0.101. The topological polar surface area (TPSA) is 30.0 Å². The van der Waals surface area contributed by atoms with Crippen molar-refractivity contribution in [2.45, 2.75) is 32.1 Å². The standard InChI is InChI=1S/C17H17NO/c1-12(19)14-8-2-3-9-15(14)16-10-4-6-13-7-5-11-18-17(13)16/h2-3,5,7-9,11,16H,4,6,10H2,1H3. The van der Waals surface area contributed by atoms with Gasteiger partial charge >= 0.3 is 0 Å². The molecule has 0 spiro atoms. The van der Waals surface area contributed by atoms with Gasteiger partial charge in [-0.25, -0.2) is 0 Å². The Morgan fingerprint density at radius 1 is 1.21 bits per heavy atom. The molecule has 19 heavy (non-hydrogen) atoms. The minimum atomic E-state index is 0.138. The van der Waals surface area contributed by atoms with Gasteiger partial charge in [0.1, 0.15) is 0 Å². The van der Waals surface area contributed by atoms with E-state index in [1.807, 2.05) is 30.5 Å². The Labute approximate surface area is 113 Å². The maximum atomic E-state index is 11.8. The van der Waals surface area contributed by atoms with Gasteiger partial charge in [-0.15, -0.1) is 0 Å². The molecule has 1 aromatic carbocycles. The molecule has 3 rings (SSSR count). The van der Waals surface area contributed by atoms with Gasteiger partial charge in [0, 0.05) is 17.7 Å². The maximum Gasteiger partial charge on any atom is 0.160 e. The molecule has 0 radical (unpaired) electrons. The fraction of sp³-hybridized carbons (Fsp3) is 0.294. The second-order valence-electron chi connectivity index (χ2n) is 5.14. The largest absolute Gasteiger partial charge is 0.295 e. The summed E-state index contributed by atoms with van der Waals surface area (Å²) in [4.78, 5) is 16.4. The van der Waals surface area contributed by atoms with Crippen LogP contribution in [0.2, 0.25) is 0 Å². The first kappa shape index (κ1) is 12.1. The molecule has 96 valence electrons. The predicted molar refractivity (Wildman–Crippen MR) is 75.5 cm³/mol. The Morgan fingerprint density at radius 3 is 2.89 bits per heavy atom. The van der Waals surface area contributed by atoms with Crippen LogP contribution in [0.3, 0.4) is 0 Å². The molecule has 0 saturated heterocycles. The van der Waals surface area contributed by atoms with Gasteiger partial charge in [0.2, 0.25) is 0 Å². The van der Waals surface area contributed by atoms with E-state index in [2.05, 4.69) is 17.1 Å². The molecule has 1 atom stereocenters. The summed E-state index contributed by atoms with van der Waals surface area (Å²) in [5, 5.41) is 0. The smallest absolute Gasteiger partial charge is 0.160 e. The number of aromatic nitrogens is 1. The third-order valence-corrected chi connectivity index (χ3v) is 3.91. The van der Waals surface area contributed by atoms with Crippen LogP contribution >= 0.6 is 0 Å². The number of hydrogen-bond acceptors (Lipinski definition) is 2. The number of hydrogen-bond donors (Lipinski definition) is 0. The molecule has 2 heteroatoms. The zero-order valence-corrected chi connectivity index (χ0v) is 11.1. The molecular formula is C17H17NO. The average Bonchev–Trinajstić information content (AvgIpc) is 2.46.